The number of Topliss-reactive ketones (excluding diaryl/α,β-unsaturated/α-hetero) is 1. The summed E-state index contributed by atoms with van der Waals surface area (Å²) in [7, 11) is 0. The van der Waals surface area contributed by atoms with E-state index in [9.17, 15) is 14.4 Å². The maximum atomic E-state index is 14.6. The number of amidine groups is 1. The lowest BCUT2D eigenvalue weighted by Crippen LogP contribution is -2.30. The number of nitrogens with zero attached hydrogens (tertiary/aromatic N) is 2. The predicted molar refractivity (Wildman–Crippen MR) is 132 cm³/mol. The molecule has 2 aliphatic heterocycles. The monoisotopic (exact) mass is 456 g/mol. The van der Waals surface area contributed by atoms with Crippen LogP contribution < -0.4 is 10.6 Å². The number of nitriles is 1. The summed E-state index contributed by atoms with van der Waals surface area (Å²) in [6, 6.07) is 15.0. The van der Waals surface area contributed by atoms with E-state index in [0.29, 0.717) is 41.9 Å². The number of nitrogens with one attached hydrogen (secondary N) is 2. The van der Waals surface area contributed by atoms with Crippen molar-refractivity contribution in [3.8, 4) is 6.07 Å². The van der Waals surface area contributed by atoms with Crippen molar-refractivity contribution in [2.75, 3.05) is 19.6 Å². The van der Waals surface area contributed by atoms with Crippen LogP contribution in [0.2, 0.25) is 0 Å². The zero-order valence-corrected chi connectivity index (χ0v) is 19.4. The minimum Gasteiger partial charge on any atom is -0.337 e. The molecule has 2 fully saturated rings. The van der Waals surface area contributed by atoms with E-state index in [1.807, 2.05) is 13.0 Å². The zero-order chi connectivity index (χ0) is 23.7. The third-order valence-corrected chi connectivity index (χ3v) is 7.08. The molecule has 1 aliphatic carbocycles. The largest absolute Gasteiger partial charge is 0.337 e. The van der Waals surface area contributed by atoms with Gasteiger partial charge in [-0.15, -0.1) is 0 Å². The van der Waals surface area contributed by atoms with Gasteiger partial charge in [0, 0.05) is 18.5 Å². The highest BCUT2D eigenvalue weighted by atomic mass is 19.1. The molecule has 2 aromatic carbocycles. The topological polar surface area (TPSA) is 77.3 Å². The average molecular weight is 457 g/mol. The van der Waals surface area contributed by atoms with Gasteiger partial charge >= 0.3 is 0 Å². The van der Waals surface area contributed by atoms with Crippen molar-refractivity contribution >= 4 is 22.9 Å². The summed E-state index contributed by atoms with van der Waals surface area (Å²) >= 11 is 0. The average Bonchev–Trinajstić information content (AvgIpc) is 3.58. The number of allylic oxidation sites excluding steroid dienone is 1. The maximum Gasteiger partial charge on any atom is 0.198 e. The second-order valence-electron chi connectivity index (χ2n) is 9.69. The molecular formula is C28H29FN4O. The number of aliphatic imine (C=N–C) groups is 1. The van der Waals surface area contributed by atoms with Crippen molar-refractivity contribution in [1.29, 1.82) is 5.26 Å². The highest BCUT2D eigenvalue weighted by Crippen LogP contribution is 2.41. The lowest BCUT2D eigenvalue weighted by atomic mass is 9.87. The van der Waals surface area contributed by atoms with Gasteiger partial charge in [-0.2, -0.15) is 5.26 Å². The third kappa shape index (κ3) is 4.67. The van der Waals surface area contributed by atoms with Gasteiger partial charge in [-0.3, -0.25) is 9.79 Å². The highest BCUT2D eigenvalue weighted by Gasteiger charge is 2.29. The second-order valence-corrected chi connectivity index (χ2v) is 9.69. The van der Waals surface area contributed by atoms with Crippen LogP contribution in [0.3, 0.4) is 0 Å². The van der Waals surface area contributed by atoms with Gasteiger partial charge < -0.3 is 10.6 Å². The first kappa shape index (κ1) is 22.5. The van der Waals surface area contributed by atoms with Gasteiger partial charge in [0.25, 0.3) is 0 Å². The van der Waals surface area contributed by atoms with Crippen LogP contribution >= 0.6 is 0 Å². The smallest absolute Gasteiger partial charge is 0.198 e. The van der Waals surface area contributed by atoms with Crippen molar-refractivity contribution in [1.82, 2.24) is 10.6 Å². The van der Waals surface area contributed by atoms with Crippen LogP contribution in [-0.2, 0) is 4.79 Å². The Morgan fingerprint density at radius 3 is 2.53 bits per heavy atom. The standard InChI is InChI=1S/C28H29FN4O/c1-17-12-25(34)28(32-16-18-10-11-31-15-18)33-27(22-8-9-23(14-30)24(29)13-22)26(17)21-6-4-20(5-7-21)19-2-3-19/h4-9,13,17-19,31H,2-3,10-12,15-16H2,1H3,(H,32,33)/t17?,18-/m0/s1. The minimum absolute atomic E-state index is 0.0000528. The molecule has 0 spiro atoms. The molecule has 3 aliphatic rings. The van der Waals surface area contributed by atoms with Crippen LogP contribution in [0.1, 0.15) is 60.8 Å². The third-order valence-electron chi connectivity index (χ3n) is 7.08. The van der Waals surface area contributed by atoms with Gasteiger partial charge in [0.2, 0.25) is 0 Å². The van der Waals surface area contributed by atoms with Gasteiger partial charge in [-0.05, 0) is 78.9 Å². The minimum atomic E-state index is -0.573. The Morgan fingerprint density at radius 1 is 1.12 bits per heavy atom. The second kappa shape index (κ2) is 9.52. The summed E-state index contributed by atoms with van der Waals surface area (Å²) in [5.74, 6) is 0.720. The quantitative estimate of drug-likeness (QED) is 0.687. The lowest BCUT2D eigenvalue weighted by molar-refractivity contribution is -0.113. The van der Waals surface area contributed by atoms with E-state index in [1.54, 1.807) is 6.07 Å². The predicted octanol–water partition coefficient (Wildman–Crippen LogP) is 4.65. The first-order valence-electron chi connectivity index (χ1n) is 12.1. The summed E-state index contributed by atoms with van der Waals surface area (Å²) in [6.07, 6.45) is 3.85. The highest BCUT2D eigenvalue weighted by molar-refractivity contribution is 6.41. The number of rotatable bonds is 5. The molecule has 5 rings (SSSR count). The normalized spacial score (nSPS) is 24.1. The van der Waals surface area contributed by atoms with E-state index in [0.717, 1.165) is 30.6 Å². The van der Waals surface area contributed by atoms with Gasteiger partial charge in [0.1, 0.15) is 11.9 Å². The molecule has 2 aromatic rings. The molecular weight excluding hydrogens is 427 g/mol. The van der Waals surface area contributed by atoms with Crippen LogP contribution in [-0.4, -0.2) is 31.3 Å². The molecule has 34 heavy (non-hydrogen) atoms. The molecule has 1 saturated carbocycles. The number of hydrogen-bond donors (Lipinski definition) is 2. The van der Waals surface area contributed by atoms with Crippen LogP contribution in [0.4, 0.5) is 4.39 Å². The number of halogens is 1. The van der Waals surface area contributed by atoms with Crippen LogP contribution in [0.15, 0.2) is 47.5 Å². The molecule has 1 unspecified atom stereocenters. The number of carbonyl (C=O) groups is 1. The van der Waals surface area contributed by atoms with Crippen molar-refractivity contribution in [2.24, 2.45) is 16.8 Å². The fourth-order valence-electron chi connectivity index (χ4n) is 4.97. The number of hydrogen-bond acceptors (Lipinski definition) is 4. The molecule has 1 saturated heterocycles. The summed E-state index contributed by atoms with van der Waals surface area (Å²) < 4.78 is 14.6. The molecule has 0 amide bonds. The summed E-state index contributed by atoms with van der Waals surface area (Å²) in [5, 5.41) is 15.8. The summed E-state index contributed by atoms with van der Waals surface area (Å²) in [4.78, 5) is 17.8. The molecule has 174 valence electrons. The molecule has 0 bridgehead atoms. The van der Waals surface area contributed by atoms with Crippen molar-refractivity contribution in [3.63, 3.8) is 0 Å². The molecule has 0 radical (unpaired) electrons. The fraction of sp³-hybridized carbons (Fsp3) is 0.393. The maximum absolute atomic E-state index is 14.6. The Bertz CT molecular complexity index is 1200. The van der Waals surface area contributed by atoms with E-state index < -0.39 is 5.82 Å². The first-order chi connectivity index (χ1) is 16.5. The Hall–Kier alpha value is -3.30. The fourth-order valence-corrected chi connectivity index (χ4v) is 4.97. The van der Waals surface area contributed by atoms with Crippen molar-refractivity contribution in [2.45, 2.75) is 38.5 Å². The number of ketones is 1. The summed E-state index contributed by atoms with van der Waals surface area (Å²) in [6.45, 7) is 4.50. The Balaban J connectivity index is 1.59. The van der Waals surface area contributed by atoms with Crippen LogP contribution in [0.25, 0.3) is 11.3 Å². The Morgan fingerprint density at radius 2 is 1.88 bits per heavy atom. The Labute approximate surface area is 199 Å². The van der Waals surface area contributed by atoms with Crippen molar-refractivity contribution < 1.29 is 9.18 Å². The molecule has 2 heterocycles. The molecule has 6 heteroatoms. The molecule has 5 nitrogen and oxygen atoms in total. The SMILES string of the molecule is CC1CC(=O)C(=NC[C@H]2CCNC2)NC(c2ccc(C#N)c(F)c2)=C1c1ccc(C2CC2)cc1. The molecule has 0 aromatic heterocycles. The van der Waals surface area contributed by atoms with E-state index in [2.05, 4.69) is 39.9 Å². The van der Waals surface area contributed by atoms with E-state index >= 15 is 0 Å². The van der Waals surface area contributed by atoms with E-state index in [-0.39, 0.29) is 17.3 Å². The van der Waals surface area contributed by atoms with Gasteiger partial charge in [0.05, 0.1) is 11.3 Å². The van der Waals surface area contributed by atoms with Gasteiger partial charge in [-0.25, -0.2) is 4.39 Å². The summed E-state index contributed by atoms with van der Waals surface area (Å²) in [5.41, 5.74) is 4.61. The lowest BCUT2D eigenvalue weighted by Gasteiger charge is -2.19. The first-order valence-corrected chi connectivity index (χ1v) is 12.1. The number of carbonyl (C=O) groups excluding carboxylic acids is 1. The van der Waals surface area contributed by atoms with Gasteiger partial charge in [0.15, 0.2) is 11.6 Å². The molecule has 2 atom stereocenters. The number of benzene rings is 2. The van der Waals surface area contributed by atoms with Crippen LogP contribution in [0, 0.1) is 29.0 Å². The van der Waals surface area contributed by atoms with E-state index in [4.69, 9.17) is 0 Å². The zero-order valence-electron chi connectivity index (χ0n) is 19.4. The molecule has 2 N–H and O–H groups in total. The van der Waals surface area contributed by atoms with Gasteiger partial charge in [-0.1, -0.05) is 37.3 Å². The van der Waals surface area contributed by atoms with E-state index in [1.165, 1.54) is 30.5 Å². The Kier molecular flexibility index (Phi) is 6.30. The van der Waals surface area contributed by atoms with Crippen LogP contribution in [0.5, 0.6) is 0 Å². The van der Waals surface area contributed by atoms with Crippen molar-refractivity contribution in [3.05, 3.63) is 70.5 Å².